The summed E-state index contributed by atoms with van der Waals surface area (Å²) in [6.45, 7) is 4.41. The molecule has 0 saturated carbocycles. The summed E-state index contributed by atoms with van der Waals surface area (Å²) in [5, 5.41) is 10.6. The molecule has 0 bridgehead atoms. The highest BCUT2D eigenvalue weighted by Crippen LogP contribution is 2.48. The first-order valence-electron chi connectivity index (χ1n) is 13.3. The Labute approximate surface area is 202 Å². The van der Waals surface area contributed by atoms with E-state index in [1.165, 1.54) is 57.8 Å². The molecule has 0 radical (unpaired) electrons. The fourth-order valence-corrected chi connectivity index (χ4v) is 6.53. The fourth-order valence-electron chi connectivity index (χ4n) is 5.23. The van der Waals surface area contributed by atoms with Gasteiger partial charge in [-0.3, -0.25) is 4.55 Å². The summed E-state index contributed by atoms with van der Waals surface area (Å²) in [7, 11) is -4.47. The molecule has 188 valence electrons. The highest BCUT2D eigenvalue weighted by molar-refractivity contribution is 7.86. The number of hydrogen-bond acceptors (Lipinski definition) is 3. The molecule has 0 saturated heterocycles. The third-order valence-corrected chi connectivity index (χ3v) is 8.35. The molecule has 1 aromatic rings. The Kier molecular flexibility index (Phi) is 12.1. The van der Waals surface area contributed by atoms with E-state index in [4.69, 9.17) is 0 Å². The lowest BCUT2D eigenvalue weighted by Crippen LogP contribution is -2.44. The molecule has 1 aliphatic rings. The van der Waals surface area contributed by atoms with Crippen molar-refractivity contribution in [3.8, 4) is 0 Å². The van der Waals surface area contributed by atoms with Crippen LogP contribution < -0.4 is 0 Å². The van der Waals surface area contributed by atoms with Crippen LogP contribution in [0.3, 0.4) is 0 Å². The minimum atomic E-state index is -4.47. The molecule has 2 rings (SSSR count). The molecule has 0 aromatic heterocycles. The van der Waals surface area contributed by atoms with Crippen LogP contribution in [0.5, 0.6) is 0 Å². The van der Waals surface area contributed by atoms with E-state index in [-0.39, 0.29) is 0 Å². The van der Waals surface area contributed by atoms with E-state index in [0.717, 1.165) is 43.2 Å². The average Bonchev–Trinajstić information content (AvgIpc) is 2.77. The summed E-state index contributed by atoms with van der Waals surface area (Å²) < 4.78 is 35.3. The SMILES string of the molecule is CCCCCCCCCC1=Cc2ccccc2C(S(=O)(=O)O)C1(O)CCCCCCCCC. The second kappa shape index (κ2) is 14.3. The second-order valence-corrected chi connectivity index (χ2v) is 11.4. The normalized spacial score (nSPS) is 20.5. The number of rotatable bonds is 17. The quantitative estimate of drug-likeness (QED) is 0.175. The van der Waals surface area contributed by atoms with Gasteiger partial charge in [0.2, 0.25) is 0 Å². The van der Waals surface area contributed by atoms with Crippen LogP contribution in [0.25, 0.3) is 6.08 Å². The highest BCUT2D eigenvalue weighted by atomic mass is 32.2. The van der Waals surface area contributed by atoms with Crippen molar-refractivity contribution >= 4 is 16.2 Å². The number of unbranched alkanes of at least 4 members (excludes halogenated alkanes) is 12. The predicted molar refractivity (Wildman–Crippen MR) is 139 cm³/mol. The Hall–Kier alpha value is -1.17. The summed E-state index contributed by atoms with van der Waals surface area (Å²) in [6, 6.07) is 7.26. The first kappa shape index (κ1) is 28.1. The lowest BCUT2D eigenvalue weighted by Gasteiger charge is -2.40. The van der Waals surface area contributed by atoms with Gasteiger partial charge in [-0.15, -0.1) is 0 Å². The van der Waals surface area contributed by atoms with Gasteiger partial charge in [-0.25, -0.2) is 0 Å². The van der Waals surface area contributed by atoms with E-state index in [9.17, 15) is 18.1 Å². The monoisotopic (exact) mass is 478 g/mol. The minimum Gasteiger partial charge on any atom is -0.384 e. The van der Waals surface area contributed by atoms with E-state index < -0.39 is 21.0 Å². The summed E-state index contributed by atoms with van der Waals surface area (Å²) in [4.78, 5) is 0. The highest BCUT2D eigenvalue weighted by Gasteiger charge is 2.50. The molecule has 0 amide bonds. The van der Waals surface area contributed by atoms with Gasteiger partial charge in [0.15, 0.2) is 0 Å². The average molecular weight is 479 g/mol. The van der Waals surface area contributed by atoms with Crippen molar-refractivity contribution in [1.82, 2.24) is 0 Å². The predicted octanol–water partition coefficient (Wildman–Crippen LogP) is 8.03. The summed E-state index contributed by atoms with van der Waals surface area (Å²) in [5.41, 5.74) is 0.521. The molecule has 33 heavy (non-hydrogen) atoms. The molecule has 0 fully saturated rings. The van der Waals surface area contributed by atoms with Crippen LogP contribution >= 0.6 is 0 Å². The Morgan fingerprint density at radius 2 is 1.30 bits per heavy atom. The van der Waals surface area contributed by atoms with Gasteiger partial charge in [0.05, 0.1) is 0 Å². The summed E-state index contributed by atoms with van der Waals surface area (Å²) >= 11 is 0. The summed E-state index contributed by atoms with van der Waals surface area (Å²) in [6.07, 6.45) is 18.9. The van der Waals surface area contributed by atoms with Crippen molar-refractivity contribution in [2.75, 3.05) is 0 Å². The maximum atomic E-state index is 12.6. The topological polar surface area (TPSA) is 74.6 Å². The molecular formula is C28H46O4S. The van der Waals surface area contributed by atoms with Crippen LogP contribution in [-0.4, -0.2) is 23.7 Å². The van der Waals surface area contributed by atoms with Crippen LogP contribution in [-0.2, 0) is 10.1 Å². The first-order valence-corrected chi connectivity index (χ1v) is 14.8. The van der Waals surface area contributed by atoms with Crippen LogP contribution in [0.1, 0.15) is 133 Å². The Balaban J connectivity index is 2.13. The minimum absolute atomic E-state index is 0.363. The zero-order valence-corrected chi connectivity index (χ0v) is 21.7. The fraction of sp³-hybridized carbons (Fsp3) is 0.714. The molecule has 1 aromatic carbocycles. The van der Waals surface area contributed by atoms with E-state index in [1.807, 2.05) is 18.2 Å². The molecule has 0 aliphatic heterocycles. The van der Waals surface area contributed by atoms with Crippen molar-refractivity contribution < 1.29 is 18.1 Å². The Morgan fingerprint density at radius 1 is 0.788 bits per heavy atom. The van der Waals surface area contributed by atoms with Crippen LogP contribution in [0, 0.1) is 0 Å². The molecule has 2 N–H and O–H groups in total. The standard InChI is InChI=1S/C28H46O4S/c1-3-5-7-9-11-13-15-20-25-23-24-19-16-17-21-26(24)27(33(30,31)32)28(25,29)22-18-14-12-10-8-6-4-2/h16-17,19,21,23,27,29H,3-15,18,20,22H2,1-2H3,(H,30,31,32). The van der Waals surface area contributed by atoms with Gasteiger partial charge in [0, 0.05) is 0 Å². The lowest BCUT2D eigenvalue weighted by atomic mass is 9.74. The Morgan fingerprint density at radius 3 is 1.88 bits per heavy atom. The zero-order valence-electron chi connectivity index (χ0n) is 20.9. The van der Waals surface area contributed by atoms with Crippen LogP contribution in [0.4, 0.5) is 0 Å². The van der Waals surface area contributed by atoms with E-state index in [2.05, 4.69) is 13.8 Å². The number of fused-ring (bicyclic) bond motifs is 1. The number of hydrogen-bond donors (Lipinski definition) is 2. The van der Waals surface area contributed by atoms with Crippen molar-refractivity contribution in [3.63, 3.8) is 0 Å². The van der Waals surface area contributed by atoms with E-state index in [1.54, 1.807) is 12.1 Å². The zero-order chi connectivity index (χ0) is 24.2. The molecule has 0 spiro atoms. The van der Waals surface area contributed by atoms with Crippen LogP contribution in [0.15, 0.2) is 29.8 Å². The Bertz CT molecular complexity index is 830. The van der Waals surface area contributed by atoms with Gasteiger partial charge in [0.25, 0.3) is 10.1 Å². The number of benzene rings is 1. The summed E-state index contributed by atoms with van der Waals surface area (Å²) in [5.74, 6) is 0. The largest absolute Gasteiger partial charge is 0.384 e. The molecule has 0 heterocycles. The van der Waals surface area contributed by atoms with Gasteiger partial charge < -0.3 is 5.11 Å². The first-order chi connectivity index (χ1) is 15.8. The molecule has 1 aliphatic carbocycles. The van der Waals surface area contributed by atoms with Crippen molar-refractivity contribution in [3.05, 3.63) is 41.0 Å². The molecule has 4 nitrogen and oxygen atoms in total. The van der Waals surface area contributed by atoms with Gasteiger partial charge in [0.1, 0.15) is 10.9 Å². The van der Waals surface area contributed by atoms with E-state index in [0.29, 0.717) is 18.4 Å². The van der Waals surface area contributed by atoms with Crippen molar-refractivity contribution in [2.45, 2.75) is 127 Å². The van der Waals surface area contributed by atoms with Gasteiger partial charge in [-0.1, -0.05) is 128 Å². The van der Waals surface area contributed by atoms with Gasteiger partial charge in [-0.05, 0) is 36.0 Å². The molecule has 2 atom stereocenters. The molecule has 5 heteroatoms. The van der Waals surface area contributed by atoms with Crippen LogP contribution in [0.2, 0.25) is 0 Å². The van der Waals surface area contributed by atoms with E-state index >= 15 is 0 Å². The molecular weight excluding hydrogens is 432 g/mol. The third-order valence-electron chi connectivity index (χ3n) is 7.11. The van der Waals surface area contributed by atoms with Crippen molar-refractivity contribution in [2.24, 2.45) is 0 Å². The third kappa shape index (κ3) is 8.52. The smallest absolute Gasteiger partial charge is 0.275 e. The number of aliphatic hydroxyl groups is 1. The van der Waals surface area contributed by atoms with Gasteiger partial charge in [-0.2, -0.15) is 8.42 Å². The molecule has 2 unspecified atom stereocenters. The van der Waals surface area contributed by atoms with Gasteiger partial charge >= 0.3 is 0 Å². The van der Waals surface area contributed by atoms with Crippen molar-refractivity contribution in [1.29, 1.82) is 0 Å². The second-order valence-electron chi connectivity index (χ2n) is 9.86. The lowest BCUT2D eigenvalue weighted by molar-refractivity contribution is 0.0538. The maximum absolute atomic E-state index is 12.6. The maximum Gasteiger partial charge on any atom is 0.275 e.